The Labute approximate surface area is 136 Å². The summed E-state index contributed by atoms with van der Waals surface area (Å²) < 4.78 is 27.8. The molecule has 23 heavy (non-hydrogen) atoms. The molecule has 0 aliphatic carbocycles. The van der Waals surface area contributed by atoms with E-state index in [0.29, 0.717) is 27.4 Å². The van der Waals surface area contributed by atoms with Gasteiger partial charge in [0, 0.05) is 23.1 Å². The van der Waals surface area contributed by atoms with Crippen LogP contribution in [0.2, 0.25) is 5.02 Å². The molecule has 0 fully saturated rings. The second-order valence-corrected chi connectivity index (χ2v) is 5.60. The number of alkyl halides is 2. The first-order valence-corrected chi connectivity index (χ1v) is 7.32. The topological polar surface area (TPSA) is 55.6 Å². The second-order valence-electron chi connectivity index (χ2n) is 5.16. The van der Waals surface area contributed by atoms with Gasteiger partial charge < -0.3 is 5.32 Å². The van der Waals surface area contributed by atoms with Crippen molar-refractivity contribution in [3.05, 3.63) is 47.1 Å². The molecular formula is C15H14ClF2N5. The van der Waals surface area contributed by atoms with Crippen molar-refractivity contribution >= 4 is 28.2 Å². The fraction of sp³-hybridized carbons (Fsp3) is 0.267. The van der Waals surface area contributed by atoms with Crippen LogP contribution in [0.4, 0.5) is 14.5 Å². The highest BCUT2D eigenvalue weighted by molar-refractivity contribution is 6.31. The third-order valence-corrected chi connectivity index (χ3v) is 3.75. The number of aromatic nitrogens is 4. The molecule has 0 aliphatic heterocycles. The maximum Gasteiger partial charge on any atom is 0.280 e. The van der Waals surface area contributed by atoms with Crippen LogP contribution in [0.1, 0.15) is 30.9 Å². The highest BCUT2D eigenvalue weighted by Crippen LogP contribution is 2.31. The Balaban J connectivity index is 2.07. The summed E-state index contributed by atoms with van der Waals surface area (Å²) in [5.74, 6) is 0.690. The van der Waals surface area contributed by atoms with E-state index in [1.54, 1.807) is 29.9 Å². The summed E-state index contributed by atoms with van der Waals surface area (Å²) in [5, 5.41) is 8.40. The molecule has 5 nitrogen and oxygen atoms in total. The molecule has 0 saturated heterocycles. The summed E-state index contributed by atoms with van der Waals surface area (Å²) in [4.78, 5) is 8.15. The van der Waals surface area contributed by atoms with Gasteiger partial charge in [-0.3, -0.25) is 4.68 Å². The van der Waals surface area contributed by atoms with Crippen molar-refractivity contribution in [2.75, 3.05) is 5.32 Å². The van der Waals surface area contributed by atoms with Crippen molar-refractivity contribution < 1.29 is 8.78 Å². The van der Waals surface area contributed by atoms with Crippen LogP contribution < -0.4 is 5.32 Å². The zero-order chi connectivity index (χ0) is 16.6. The fourth-order valence-electron chi connectivity index (χ4n) is 2.44. The number of rotatable bonds is 4. The van der Waals surface area contributed by atoms with Crippen LogP contribution in [0.3, 0.4) is 0 Å². The number of halogens is 3. The van der Waals surface area contributed by atoms with Gasteiger partial charge in [-0.15, -0.1) is 0 Å². The Morgan fingerprint density at radius 1 is 1.26 bits per heavy atom. The summed E-state index contributed by atoms with van der Waals surface area (Å²) in [6, 6.07) is 6.07. The van der Waals surface area contributed by atoms with Crippen LogP contribution in [0.25, 0.3) is 10.9 Å². The highest BCUT2D eigenvalue weighted by Gasteiger charge is 2.17. The molecule has 1 atom stereocenters. The van der Waals surface area contributed by atoms with Crippen LogP contribution in [0, 0.1) is 0 Å². The molecule has 0 saturated carbocycles. The van der Waals surface area contributed by atoms with E-state index in [1.165, 1.54) is 12.4 Å². The molecule has 0 aliphatic rings. The molecule has 1 unspecified atom stereocenters. The quantitative estimate of drug-likeness (QED) is 0.777. The van der Waals surface area contributed by atoms with E-state index in [4.69, 9.17) is 11.6 Å². The Morgan fingerprint density at radius 3 is 2.70 bits per heavy atom. The zero-order valence-corrected chi connectivity index (χ0v) is 13.2. The molecule has 2 aromatic heterocycles. The van der Waals surface area contributed by atoms with Crippen LogP contribution in [0.5, 0.6) is 0 Å². The molecule has 3 rings (SSSR count). The first kappa shape index (κ1) is 15.6. The largest absolute Gasteiger partial charge is 0.375 e. The lowest BCUT2D eigenvalue weighted by atomic mass is 10.1. The highest BCUT2D eigenvalue weighted by atomic mass is 35.5. The summed E-state index contributed by atoms with van der Waals surface area (Å²) in [6.07, 6.45) is -1.21. The predicted octanol–water partition coefficient (Wildman–Crippen LogP) is 4.13. The average Bonchev–Trinajstić information content (AvgIpc) is 2.93. The van der Waals surface area contributed by atoms with E-state index < -0.39 is 6.43 Å². The van der Waals surface area contributed by atoms with Gasteiger partial charge in [0.25, 0.3) is 6.43 Å². The van der Waals surface area contributed by atoms with E-state index in [1.807, 2.05) is 6.92 Å². The number of benzene rings is 1. The molecule has 0 amide bonds. The van der Waals surface area contributed by atoms with Gasteiger partial charge in [0.2, 0.25) is 0 Å². The van der Waals surface area contributed by atoms with Crippen molar-refractivity contribution in [2.45, 2.75) is 19.4 Å². The smallest absolute Gasteiger partial charge is 0.280 e. The lowest BCUT2D eigenvalue weighted by molar-refractivity contribution is 0.146. The van der Waals surface area contributed by atoms with E-state index in [2.05, 4.69) is 20.4 Å². The number of anilines is 1. The van der Waals surface area contributed by atoms with Gasteiger partial charge in [0.05, 0.1) is 11.6 Å². The number of nitrogens with zero attached hydrogens (tertiary/aromatic N) is 4. The number of hydrogen-bond donors (Lipinski definition) is 1. The van der Waals surface area contributed by atoms with Crippen LogP contribution in [-0.2, 0) is 7.05 Å². The summed E-state index contributed by atoms with van der Waals surface area (Å²) in [5.41, 5.74) is 0.704. The Bertz CT molecular complexity index is 849. The van der Waals surface area contributed by atoms with Gasteiger partial charge in [-0.2, -0.15) is 5.10 Å². The molecule has 0 bridgehead atoms. The first-order valence-electron chi connectivity index (χ1n) is 6.94. The van der Waals surface area contributed by atoms with Gasteiger partial charge in [0.1, 0.15) is 17.8 Å². The molecule has 0 spiro atoms. The fourth-order valence-corrected chi connectivity index (χ4v) is 2.62. The first-order chi connectivity index (χ1) is 11.0. The van der Waals surface area contributed by atoms with Crippen molar-refractivity contribution in [3.63, 3.8) is 0 Å². The minimum Gasteiger partial charge on any atom is -0.375 e. The third kappa shape index (κ3) is 3.10. The van der Waals surface area contributed by atoms with E-state index in [0.717, 1.165) is 0 Å². The number of aryl methyl sites for hydroxylation is 1. The minimum absolute atomic E-state index is 0.224. The van der Waals surface area contributed by atoms with Crippen LogP contribution >= 0.6 is 11.6 Å². The van der Waals surface area contributed by atoms with Gasteiger partial charge in [0.15, 0.2) is 0 Å². The van der Waals surface area contributed by atoms with Gasteiger partial charge in [-0.05, 0) is 31.2 Å². The monoisotopic (exact) mass is 337 g/mol. The second kappa shape index (κ2) is 6.08. The number of pyridine rings is 1. The lowest BCUT2D eigenvalue weighted by Crippen LogP contribution is -2.13. The minimum atomic E-state index is -2.65. The molecular weight excluding hydrogens is 324 g/mol. The van der Waals surface area contributed by atoms with Gasteiger partial charge in [-0.25, -0.2) is 18.7 Å². The molecule has 120 valence electrons. The average molecular weight is 338 g/mol. The lowest BCUT2D eigenvalue weighted by Gasteiger charge is -2.17. The number of nitrogens with one attached hydrogen (secondary N) is 1. The molecule has 2 heterocycles. The van der Waals surface area contributed by atoms with Gasteiger partial charge >= 0.3 is 0 Å². The van der Waals surface area contributed by atoms with Crippen LogP contribution in [0.15, 0.2) is 30.6 Å². The maximum absolute atomic E-state index is 13.1. The normalized spacial score (nSPS) is 12.8. The summed E-state index contributed by atoms with van der Waals surface area (Å²) >= 11 is 6.02. The standard InChI is InChI=1S/C15H14ClF2N5/c1-8(15-19-7-20-23(15)2)21-12-6-13(14(17)18)22-11-4-3-9(16)5-10(11)12/h3-8,14H,1-2H3,(H,21,22). The SMILES string of the molecule is CC(Nc1cc(C(F)F)nc2ccc(Cl)cc12)c1ncnn1C. The molecule has 0 radical (unpaired) electrons. The summed E-state index contributed by atoms with van der Waals surface area (Å²) in [7, 11) is 1.77. The number of hydrogen-bond acceptors (Lipinski definition) is 4. The maximum atomic E-state index is 13.1. The Hall–Kier alpha value is -2.28. The Morgan fingerprint density at radius 2 is 2.04 bits per heavy atom. The van der Waals surface area contributed by atoms with Crippen molar-refractivity contribution in [1.82, 2.24) is 19.7 Å². The van der Waals surface area contributed by atoms with Crippen LogP contribution in [-0.4, -0.2) is 19.7 Å². The third-order valence-electron chi connectivity index (χ3n) is 3.52. The number of fused-ring (bicyclic) bond motifs is 1. The van der Waals surface area contributed by atoms with E-state index in [9.17, 15) is 8.78 Å². The summed E-state index contributed by atoms with van der Waals surface area (Å²) in [6.45, 7) is 1.88. The Kier molecular flexibility index (Phi) is 4.12. The van der Waals surface area contributed by atoms with Crippen molar-refractivity contribution in [3.8, 4) is 0 Å². The van der Waals surface area contributed by atoms with Crippen molar-refractivity contribution in [2.24, 2.45) is 7.05 Å². The molecule has 1 N–H and O–H groups in total. The molecule has 8 heteroatoms. The van der Waals surface area contributed by atoms with E-state index >= 15 is 0 Å². The van der Waals surface area contributed by atoms with E-state index in [-0.39, 0.29) is 11.7 Å². The zero-order valence-electron chi connectivity index (χ0n) is 12.5. The molecule has 1 aromatic carbocycles. The van der Waals surface area contributed by atoms with Gasteiger partial charge in [-0.1, -0.05) is 11.6 Å². The molecule has 3 aromatic rings. The predicted molar refractivity (Wildman–Crippen MR) is 84.8 cm³/mol. The van der Waals surface area contributed by atoms with Crippen molar-refractivity contribution in [1.29, 1.82) is 0 Å².